The molecule has 0 aromatic heterocycles. The molecule has 0 bridgehead atoms. The predicted octanol–water partition coefficient (Wildman–Crippen LogP) is -1.49. The minimum atomic E-state index is -3.31. The number of nitrogens with one attached hydrogen (secondary N) is 2. The van der Waals surface area contributed by atoms with Crippen LogP contribution in [0, 0.1) is 5.41 Å². The third-order valence-corrected chi connectivity index (χ3v) is 5.80. The van der Waals surface area contributed by atoms with E-state index in [-0.39, 0.29) is 36.7 Å². The Balaban J connectivity index is 1.82. The van der Waals surface area contributed by atoms with Gasteiger partial charge in [-0.15, -0.1) is 0 Å². The Hall–Kier alpha value is -1.68. The molecule has 9 nitrogen and oxygen atoms in total. The first kappa shape index (κ1) is 19.6. The first-order valence-corrected chi connectivity index (χ1v) is 10.2. The van der Waals surface area contributed by atoms with Crippen molar-refractivity contribution in [1.29, 1.82) is 0 Å². The van der Waals surface area contributed by atoms with E-state index < -0.39 is 15.4 Å². The topological polar surface area (TPSA) is 116 Å². The fourth-order valence-electron chi connectivity index (χ4n) is 3.20. The number of carbonyl (C=O) groups is 3. The van der Waals surface area contributed by atoms with Crippen molar-refractivity contribution in [3.8, 4) is 0 Å². The van der Waals surface area contributed by atoms with Crippen molar-refractivity contribution in [3.05, 3.63) is 0 Å². The van der Waals surface area contributed by atoms with Crippen molar-refractivity contribution in [3.63, 3.8) is 0 Å². The SMILES string of the molecule is CNC(=O)C1(C(=O)N2CC(N(C)C(=O)CCNS(C)(=O)=O)C2)CCC1. The number of likely N-dealkylation sites (tertiary alicyclic amines) is 1. The van der Waals surface area contributed by atoms with Crippen molar-refractivity contribution < 1.29 is 22.8 Å². The molecule has 2 rings (SSSR count). The Morgan fingerprint density at radius 2 is 1.84 bits per heavy atom. The molecule has 0 radical (unpaired) electrons. The van der Waals surface area contributed by atoms with Crippen molar-refractivity contribution in [2.24, 2.45) is 5.41 Å². The highest BCUT2D eigenvalue weighted by Gasteiger charge is 2.54. The highest BCUT2D eigenvalue weighted by atomic mass is 32.2. The number of nitrogens with zero attached hydrogens (tertiary/aromatic N) is 2. The van der Waals surface area contributed by atoms with Gasteiger partial charge in [0, 0.05) is 40.2 Å². The number of sulfonamides is 1. The summed E-state index contributed by atoms with van der Waals surface area (Å²) in [4.78, 5) is 39.9. The molecule has 1 heterocycles. The molecule has 1 aliphatic carbocycles. The van der Waals surface area contributed by atoms with Gasteiger partial charge in [-0.2, -0.15) is 0 Å². The standard InChI is InChI=1S/C15H26N4O5S/c1-16-13(21)15(6-4-7-15)14(22)19-9-11(10-19)18(2)12(20)5-8-17-25(3,23)24/h11,17H,4-10H2,1-3H3,(H,16,21). The average Bonchev–Trinajstić information content (AvgIpc) is 2.42. The van der Waals surface area contributed by atoms with Crippen LogP contribution in [0.4, 0.5) is 0 Å². The van der Waals surface area contributed by atoms with Crippen LogP contribution in [0.3, 0.4) is 0 Å². The summed E-state index contributed by atoms with van der Waals surface area (Å²) in [5.41, 5.74) is -0.929. The van der Waals surface area contributed by atoms with Crippen LogP contribution in [0.1, 0.15) is 25.7 Å². The van der Waals surface area contributed by atoms with Gasteiger partial charge in [0.1, 0.15) is 5.41 Å². The quantitative estimate of drug-likeness (QED) is 0.527. The van der Waals surface area contributed by atoms with Crippen LogP contribution in [0.5, 0.6) is 0 Å². The molecule has 3 amide bonds. The van der Waals surface area contributed by atoms with Gasteiger partial charge in [0.25, 0.3) is 0 Å². The summed E-state index contributed by atoms with van der Waals surface area (Å²) in [6.07, 6.45) is 3.11. The second-order valence-corrected chi connectivity index (χ2v) is 8.63. The number of likely N-dealkylation sites (N-methyl/N-ethyl adjacent to an activating group) is 1. The molecule has 0 spiro atoms. The molecular weight excluding hydrogens is 348 g/mol. The summed E-state index contributed by atoms with van der Waals surface area (Å²) >= 11 is 0. The molecule has 0 aromatic carbocycles. The Kier molecular flexibility index (Phi) is 5.72. The molecule has 2 N–H and O–H groups in total. The van der Waals surface area contributed by atoms with Crippen molar-refractivity contribution in [2.45, 2.75) is 31.7 Å². The molecule has 0 aromatic rings. The summed E-state index contributed by atoms with van der Waals surface area (Å²) in [5, 5.41) is 2.57. The van der Waals surface area contributed by atoms with E-state index in [1.807, 2.05) is 0 Å². The summed E-state index contributed by atoms with van der Waals surface area (Å²) in [7, 11) is -0.133. The van der Waals surface area contributed by atoms with Crippen LogP contribution in [0.15, 0.2) is 0 Å². The average molecular weight is 374 g/mol. The number of amides is 3. The maximum absolute atomic E-state index is 12.6. The van der Waals surface area contributed by atoms with E-state index in [0.29, 0.717) is 25.9 Å². The molecule has 142 valence electrons. The lowest BCUT2D eigenvalue weighted by atomic mass is 9.66. The number of hydrogen-bond acceptors (Lipinski definition) is 5. The molecule has 1 saturated carbocycles. The first-order valence-electron chi connectivity index (χ1n) is 8.32. The minimum absolute atomic E-state index is 0.0527. The zero-order chi connectivity index (χ0) is 18.8. The molecule has 25 heavy (non-hydrogen) atoms. The van der Waals surface area contributed by atoms with E-state index >= 15 is 0 Å². The van der Waals surface area contributed by atoms with Crippen LogP contribution >= 0.6 is 0 Å². The van der Waals surface area contributed by atoms with Gasteiger partial charge < -0.3 is 15.1 Å². The predicted molar refractivity (Wildman–Crippen MR) is 91.0 cm³/mol. The highest BCUT2D eigenvalue weighted by molar-refractivity contribution is 7.88. The van der Waals surface area contributed by atoms with Gasteiger partial charge in [-0.25, -0.2) is 13.1 Å². The maximum Gasteiger partial charge on any atom is 0.238 e. The fraction of sp³-hybridized carbons (Fsp3) is 0.800. The molecule has 1 aliphatic heterocycles. The summed E-state index contributed by atoms with van der Waals surface area (Å²) < 4.78 is 24.3. The van der Waals surface area contributed by atoms with Gasteiger partial charge in [0.05, 0.1) is 12.3 Å². The fourth-order valence-corrected chi connectivity index (χ4v) is 3.67. The van der Waals surface area contributed by atoms with Gasteiger partial charge in [-0.1, -0.05) is 6.42 Å². The van der Waals surface area contributed by atoms with Crippen LogP contribution < -0.4 is 10.0 Å². The molecular formula is C15H26N4O5S. The van der Waals surface area contributed by atoms with Crippen LogP contribution in [-0.4, -0.2) is 82.0 Å². The molecule has 2 aliphatic rings. The molecule has 10 heteroatoms. The largest absolute Gasteiger partial charge is 0.358 e. The second-order valence-electron chi connectivity index (χ2n) is 6.80. The number of carbonyl (C=O) groups excluding carboxylic acids is 3. The Labute approximate surface area is 148 Å². The smallest absolute Gasteiger partial charge is 0.238 e. The van der Waals surface area contributed by atoms with Gasteiger partial charge >= 0.3 is 0 Å². The summed E-state index contributed by atoms with van der Waals surface area (Å²) in [5.74, 6) is -0.574. The van der Waals surface area contributed by atoms with E-state index in [4.69, 9.17) is 0 Å². The van der Waals surface area contributed by atoms with Gasteiger partial charge in [0.2, 0.25) is 27.7 Å². The van der Waals surface area contributed by atoms with E-state index in [1.54, 1.807) is 16.8 Å². The monoisotopic (exact) mass is 374 g/mol. The first-order chi connectivity index (χ1) is 11.6. The molecule has 0 unspecified atom stereocenters. The summed E-state index contributed by atoms with van der Waals surface area (Å²) in [6, 6.07) is -0.100. The van der Waals surface area contributed by atoms with Gasteiger partial charge in [0.15, 0.2) is 0 Å². The van der Waals surface area contributed by atoms with E-state index in [9.17, 15) is 22.8 Å². The zero-order valence-electron chi connectivity index (χ0n) is 14.9. The van der Waals surface area contributed by atoms with E-state index in [1.165, 1.54) is 7.05 Å². The maximum atomic E-state index is 12.6. The van der Waals surface area contributed by atoms with Crippen molar-refractivity contribution in [2.75, 3.05) is 40.0 Å². The lowest BCUT2D eigenvalue weighted by Crippen LogP contribution is -2.66. The summed E-state index contributed by atoms with van der Waals surface area (Å²) in [6.45, 7) is 0.857. The highest BCUT2D eigenvalue weighted by Crippen LogP contribution is 2.43. The lowest BCUT2D eigenvalue weighted by Gasteiger charge is -2.49. The number of hydrogen-bond donors (Lipinski definition) is 2. The second kappa shape index (κ2) is 7.28. The molecule has 1 saturated heterocycles. The third-order valence-electron chi connectivity index (χ3n) is 5.07. The van der Waals surface area contributed by atoms with Gasteiger partial charge in [-0.05, 0) is 12.8 Å². The van der Waals surface area contributed by atoms with Gasteiger partial charge in [-0.3, -0.25) is 14.4 Å². The van der Waals surface area contributed by atoms with E-state index in [2.05, 4.69) is 10.0 Å². The van der Waals surface area contributed by atoms with Crippen molar-refractivity contribution in [1.82, 2.24) is 19.8 Å². The Morgan fingerprint density at radius 1 is 1.24 bits per heavy atom. The normalized spacial score (nSPS) is 19.6. The lowest BCUT2D eigenvalue weighted by molar-refractivity contribution is -0.164. The Morgan fingerprint density at radius 3 is 2.28 bits per heavy atom. The van der Waals surface area contributed by atoms with Crippen molar-refractivity contribution >= 4 is 27.7 Å². The van der Waals surface area contributed by atoms with Crippen LogP contribution in [0.2, 0.25) is 0 Å². The van der Waals surface area contributed by atoms with E-state index in [0.717, 1.165) is 12.7 Å². The minimum Gasteiger partial charge on any atom is -0.358 e. The van der Waals surface area contributed by atoms with Crippen LogP contribution in [0.25, 0.3) is 0 Å². The zero-order valence-corrected chi connectivity index (χ0v) is 15.7. The molecule has 2 fully saturated rings. The molecule has 0 atom stereocenters. The Bertz CT molecular complexity index is 653. The van der Waals surface area contributed by atoms with Crippen LogP contribution in [-0.2, 0) is 24.4 Å². The number of rotatable bonds is 7. The third kappa shape index (κ3) is 4.12.